The van der Waals surface area contributed by atoms with Crippen LogP contribution in [0.3, 0.4) is 0 Å². The smallest absolute Gasteiger partial charge is 0.146 e. The van der Waals surface area contributed by atoms with Crippen LogP contribution in [0.2, 0.25) is 0 Å². The third kappa shape index (κ3) is 5.92. The van der Waals surface area contributed by atoms with E-state index in [0.29, 0.717) is 13.2 Å². The van der Waals surface area contributed by atoms with Crippen LogP contribution in [0.1, 0.15) is 15.2 Å². The van der Waals surface area contributed by atoms with Gasteiger partial charge in [0.25, 0.3) is 0 Å². The summed E-state index contributed by atoms with van der Waals surface area (Å²) in [4.78, 5) is 0. The Morgan fingerprint density at radius 1 is 1.29 bits per heavy atom. The summed E-state index contributed by atoms with van der Waals surface area (Å²) in [5, 5.41) is 0. The Morgan fingerprint density at radius 2 is 1.71 bits per heavy atom. The summed E-state index contributed by atoms with van der Waals surface area (Å²) in [6.07, 6.45) is 0. The fourth-order valence-electron chi connectivity index (χ4n) is 0.184. The molecule has 2 nitrogen and oxygen atoms in total. The highest BCUT2D eigenvalue weighted by atomic mass is 16.7. The number of hydrogen-bond donors (Lipinski definition) is 0. The SMILES string of the molecule is [2H]C(OCC)OCC. The summed E-state index contributed by atoms with van der Waals surface area (Å²) in [5.74, 6) is 0. The zero-order chi connectivity index (χ0) is 6.41. The highest BCUT2D eigenvalue weighted by Gasteiger charge is 1.76. The molecule has 0 saturated heterocycles. The molecule has 0 unspecified atom stereocenters. The minimum Gasteiger partial charge on any atom is -0.356 e. The molecule has 0 amide bonds. The van der Waals surface area contributed by atoms with Crippen LogP contribution in [0.4, 0.5) is 0 Å². The molecule has 0 saturated carbocycles. The lowest BCUT2D eigenvalue weighted by Crippen LogP contribution is -1.97. The lowest BCUT2D eigenvalue weighted by atomic mass is 10.9. The highest BCUT2D eigenvalue weighted by Crippen LogP contribution is 1.74. The molecule has 0 aromatic heterocycles. The molecule has 0 aromatic carbocycles. The van der Waals surface area contributed by atoms with Crippen LogP contribution in [-0.2, 0) is 9.47 Å². The van der Waals surface area contributed by atoms with Gasteiger partial charge in [0.15, 0.2) is 0 Å². The van der Waals surface area contributed by atoms with E-state index in [1.807, 2.05) is 13.8 Å². The third-order valence-corrected chi connectivity index (χ3v) is 0.469. The van der Waals surface area contributed by atoms with Gasteiger partial charge in [-0.05, 0) is 13.8 Å². The van der Waals surface area contributed by atoms with E-state index in [4.69, 9.17) is 10.8 Å². The molecule has 0 aliphatic carbocycles. The summed E-state index contributed by atoms with van der Waals surface area (Å²) in [7, 11) is 0. The summed E-state index contributed by atoms with van der Waals surface area (Å²) in [6, 6.07) is 0. The van der Waals surface area contributed by atoms with Crippen LogP contribution in [-0.4, -0.2) is 20.0 Å². The summed E-state index contributed by atoms with van der Waals surface area (Å²) in [6.45, 7) is 3.95. The normalized spacial score (nSPS) is 12.1. The minimum absolute atomic E-state index is 0.536. The minimum atomic E-state index is -0.787. The van der Waals surface area contributed by atoms with Crippen molar-refractivity contribution in [3.63, 3.8) is 0 Å². The molecule has 44 valence electrons. The predicted molar refractivity (Wildman–Crippen MR) is 28.1 cm³/mol. The molecule has 0 atom stereocenters. The van der Waals surface area contributed by atoms with Gasteiger partial charge in [0.05, 0.1) is 1.37 Å². The maximum absolute atomic E-state index is 6.93. The average molecular weight is 105 g/mol. The van der Waals surface area contributed by atoms with E-state index in [9.17, 15) is 0 Å². The van der Waals surface area contributed by atoms with Crippen molar-refractivity contribution in [2.75, 3.05) is 20.0 Å². The van der Waals surface area contributed by atoms with Crippen molar-refractivity contribution in [1.82, 2.24) is 0 Å². The Morgan fingerprint density at radius 3 is 2.00 bits per heavy atom. The van der Waals surface area contributed by atoms with Crippen molar-refractivity contribution in [1.29, 1.82) is 0 Å². The van der Waals surface area contributed by atoms with E-state index in [-0.39, 0.29) is 0 Å². The zero-order valence-electron chi connectivity index (χ0n) is 5.81. The average Bonchev–Trinajstić information content (AvgIpc) is 1.68. The van der Waals surface area contributed by atoms with Crippen LogP contribution < -0.4 is 0 Å². The van der Waals surface area contributed by atoms with Crippen molar-refractivity contribution in [3.05, 3.63) is 0 Å². The molecule has 0 radical (unpaired) electrons. The zero-order valence-corrected chi connectivity index (χ0v) is 4.81. The van der Waals surface area contributed by atoms with Gasteiger partial charge in [0, 0.05) is 13.2 Å². The van der Waals surface area contributed by atoms with E-state index in [0.717, 1.165) is 0 Å². The second-order valence-electron chi connectivity index (χ2n) is 1.01. The summed E-state index contributed by atoms with van der Waals surface area (Å²) >= 11 is 0. The molecule has 0 N–H and O–H groups in total. The Bertz CT molecular complexity index is 43.7. The van der Waals surface area contributed by atoms with Crippen molar-refractivity contribution < 1.29 is 10.8 Å². The fraction of sp³-hybridized carbons (Fsp3) is 1.00. The quantitative estimate of drug-likeness (QED) is 0.497. The van der Waals surface area contributed by atoms with Crippen molar-refractivity contribution in [2.24, 2.45) is 0 Å². The van der Waals surface area contributed by atoms with E-state index >= 15 is 0 Å². The first kappa shape index (κ1) is 5.06. The monoisotopic (exact) mass is 105 g/mol. The molecular formula is C5H12O2. The van der Waals surface area contributed by atoms with Gasteiger partial charge in [0.1, 0.15) is 6.77 Å². The van der Waals surface area contributed by atoms with Gasteiger partial charge in [-0.3, -0.25) is 0 Å². The molecule has 0 heterocycles. The lowest BCUT2D eigenvalue weighted by molar-refractivity contribution is -0.0445. The molecule has 0 rings (SSSR count). The molecule has 0 spiro atoms. The Hall–Kier alpha value is -0.0800. The van der Waals surface area contributed by atoms with Crippen molar-refractivity contribution in [2.45, 2.75) is 13.8 Å². The van der Waals surface area contributed by atoms with Gasteiger partial charge >= 0.3 is 0 Å². The first-order chi connectivity index (χ1) is 3.81. The van der Waals surface area contributed by atoms with Crippen LogP contribution in [0.25, 0.3) is 0 Å². The number of ether oxygens (including phenoxy) is 2. The molecule has 0 aliphatic rings. The maximum atomic E-state index is 6.93. The molecule has 0 fully saturated rings. The van der Waals surface area contributed by atoms with Gasteiger partial charge in [-0.15, -0.1) is 0 Å². The second kappa shape index (κ2) is 5.92. The number of rotatable bonds is 4. The van der Waals surface area contributed by atoms with E-state index in [1.165, 1.54) is 0 Å². The standard InChI is InChI=1S/C5H12O2/c1-3-6-5-7-4-2/h3-5H2,1-2H3/i5D. The topological polar surface area (TPSA) is 18.5 Å². The van der Waals surface area contributed by atoms with Gasteiger partial charge in [-0.25, -0.2) is 0 Å². The van der Waals surface area contributed by atoms with Crippen LogP contribution >= 0.6 is 0 Å². The van der Waals surface area contributed by atoms with E-state index in [1.54, 1.807) is 0 Å². The summed E-state index contributed by atoms with van der Waals surface area (Å²) in [5.41, 5.74) is 0. The van der Waals surface area contributed by atoms with Crippen LogP contribution in [0.15, 0.2) is 0 Å². The Labute approximate surface area is 45.8 Å². The molecule has 0 bridgehead atoms. The maximum Gasteiger partial charge on any atom is 0.146 e. The molecule has 0 aliphatic heterocycles. The second-order valence-corrected chi connectivity index (χ2v) is 1.01. The van der Waals surface area contributed by atoms with E-state index in [2.05, 4.69) is 0 Å². The first-order valence-electron chi connectivity index (χ1n) is 3.04. The lowest BCUT2D eigenvalue weighted by Gasteiger charge is -1.97. The fourth-order valence-corrected chi connectivity index (χ4v) is 0.184. The molecule has 2 heteroatoms. The van der Waals surface area contributed by atoms with E-state index < -0.39 is 6.77 Å². The molecule has 7 heavy (non-hydrogen) atoms. The Balaban J connectivity index is 2.92. The third-order valence-electron chi connectivity index (χ3n) is 0.469. The van der Waals surface area contributed by atoms with Gasteiger partial charge < -0.3 is 9.47 Å². The Kier molecular flexibility index (Phi) is 4.28. The van der Waals surface area contributed by atoms with Gasteiger partial charge in [-0.1, -0.05) is 0 Å². The molecule has 0 aromatic rings. The number of hydrogen-bond acceptors (Lipinski definition) is 2. The molecular weight excluding hydrogens is 92.1 g/mol. The van der Waals surface area contributed by atoms with Crippen LogP contribution in [0.5, 0.6) is 0 Å². The van der Waals surface area contributed by atoms with Crippen molar-refractivity contribution in [3.8, 4) is 0 Å². The van der Waals surface area contributed by atoms with Gasteiger partial charge in [-0.2, -0.15) is 0 Å². The largest absolute Gasteiger partial charge is 0.356 e. The van der Waals surface area contributed by atoms with Crippen LogP contribution in [0, 0.1) is 0 Å². The van der Waals surface area contributed by atoms with Crippen molar-refractivity contribution >= 4 is 0 Å². The predicted octanol–water partition coefficient (Wildman–Crippen LogP) is 1.02. The first-order valence-corrected chi connectivity index (χ1v) is 2.46. The van der Waals surface area contributed by atoms with Gasteiger partial charge in [0.2, 0.25) is 0 Å². The summed E-state index contributed by atoms with van der Waals surface area (Å²) < 4.78 is 16.4. The highest BCUT2D eigenvalue weighted by molar-refractivity contribution is 4.08.